The topological polar surface area (TPSA) is 16.4 Å². The fraction of sp³-hybridized carbons (Fsp3) is 0. The minimum absolute atomic E-state index is 0.843. The second-order valence-electron chi connectivity index (χ2n) is 12.5. The first-order chi connectivity index (χ1) is 24.8. The summed E-state index contributed by atoms with van der Waals surface area (Å²) < 4.78 is 6.43. The SMILES string of the molecule is c1ccc(-c2ccccc2-c2ccccc2-c2ccc(N(c3ccc4ccccc4c3)c3ccccc3-c3cc4ccccc4o3)cc2)cc1. The van der Waals surface area contributed by atoms with E-state index in [1.165, 1.54) is 38.6 Å². The molecule has 0 aliphatic heterocycles. The first kappa shape index (κ1) is 29.5. The lowest BCUT2D eigenvalue weighted by molar-refractivity contribution is 0.631. The van der Waals surface area contributed by atoms with Crippen LogP contribution in [0, 0.1) is 0 Å². The fourth-order valence-corrected chi connectivity index (χ4v) is 7.08. The number of furan rings is 1. The summed E-state index contributed by atoms with van der Waals surface area (Å²) in [6.07, 6.45) is 0. The van der Waals surface area contributed by atoms with E-state index in [1.807, 2.05) is 12.1 Å². The molecular formula is C48H33NO. The van der Waals surface area contributed by atoms with Crippen LogP contribution in [0.3, 0.4) is 0 Å². The summed E-state index contributed by atoms with van der Waals surface area (Å²) >= 11 is 0. The molecule has 0 atom stereocenters. The van der Waals surface area contributed by atoms with Crippen LogP contribution in [0.25, 0.3) is 66.4 Å². The van der Waals surface area contributed by atoms with Gasteiger partial charge in [-0.25, -0.2) is 0 Å². The van der Waals surface area contributed by atoms with E-state index in [4.69, 9.17) is 4.42 Å². The highest BCUT2D eigenvalue weighted by Gasteiger charge is 2.20. The Bertz CT molecular complexity index is 2560. The van der Waals surface area contributed by atoms with Gasteiger partial charge in [0.25, 0.3) is 0 Å². The maximum absolute atomic E-state index is 6.43. The standard InChI is InChI=1S/C48H33NO/c1-2-15-35(16-3-1)41-19-7-9-21-43(41)44-22-10-8-20-42(44)36-27-29-39(30-28-36)49(40-31-26-34-14-4-5-17-37(34)32-40)46-24-12-11-23-45(46)48-33-38-18-6-13-25-47(38)50-48/h1-33H. The van der Waals surface area contributed by atoms with Crippen LogP contribution >= 0.6 is 0 Å². The molecular weight excluding hydrogens is 607 g/mol. The highest BCUT2D eigenvalue weighted by atomic mass is 16.3. The molecule has 236 valence electrons. The van der Waals surface area contributed by atoms with Crippen molar-refractivity contribution in [1.29, 1.82) is 0 Å². The van der Waals surface area contributed by atoms with Crippen molar-refractivity contribution >= 4 is 38.8 Å². The Kier molecular flexibility index (Phi) is 7.53. The number of benzene rings is 8. The second kappa shape index (κ2) is 12.8. The van der Waals surface area contributed by atoms with Crippen molar-refractivity contribution < 1.29 is 4.42 Å². The molecule has 0 spiro atoms. The van der Waals surface area contributed by atoms with Gasteiger partial charge in [0.1, 0.15) is 11.3 Å². The lowest BCUT2D eigenvalue weighted by atomic mass is 9.89. The number of fused-ring (bicyclic) bond motifs is 2. The maximum Gasteiger partial charge on any atom is 0.137 e. The molecule has 0 unspecified atom stereocenters. The first-order valence-corrected chi connectivity index (χ1v) is 17.0. The van der Waals surface area contributed by atoms with Crippen molar-refractivity contribution in [2.45, 2.75) is 0 Å². The van der Waals surface area contributed by atoms with Crippen LogP contribution in [-0.4, -0.2) is 0 Å². The number of hydrogen-bond acceptors (Lipinski definition) is 2. The number of anilines is 3. The zero-order valence-corrected chi connectivity index (χ0v) is 27.4. The van der Waals surface area contributed by atoms with E-state index in [2.05, 4.69) is 193 Å². The van der Waals surface area contributed by atoms with Gasteiger partial charge in [0.05, 0.1) is 5.69 Å². The lowest BCUT2D eigenvalue weighted by Gasteiger charge is -2.28. The molecule has 0 N–H and O–H groups in total. The average molecular weight is 640 g/mol. The van der Waals surface area contributed by atoms with E-state index in [1.54, 1.807) is 0 Å². The van der Waals surface area contributed by atoms with Crippen LogP contribution < -0.4 is 4.90 Å². The largest absolute Gasteiger partial charge is 0.456 e. The molecule has 0 amide bonds. The Balaban J connectivity index is 1.18. The predicted molar refractivity (Wildman–Crippen MR) is 210 cm³/mol. The zero-order valence-electron chi connectivity index (χ0n) is 27.4. The normalized spacial score (nSPS) is 11.2. The molecule has 0 radical (unpaired) electrons. The van der Waals surface area contributed by atoms with E-state index < -0.39 is 0 Å². The van der Waals surface area contributed by atoms with Gasteiger partial charge in [-0.05, 0) is 92.7 Å². The Hall–Kier alpha value is -6.64. The third kappa shape index (κ3) is 5.43. The van der Waals surface area contributed by atoms with Gasteiger partial charge in [0.2, 0.25) is 0 Å². The summed E-state index contributed by atoms with van der Waals surface area (Å²) in [5, 5.41) is 3.50. The third-order valence-corrected chi connectivity index (χ3v) is 9.49. The van der Waals surface area contributed by atoms with Crippen molar-refractivity contribution in [3.8, 4) is 44.7 Å². The summed E-state index contributed by atoms with van der Waals surface area (Å²) in [4.78, 5) is 2.34. The van der Waals surface area contributed by atoms with Crippen LogP contribution in [0.5, 0.6) is 0 Å². The smallest absolute Gasteiger partial charge is 0.137 e. The molecule has 0 fully saturated rings. The lowest BCUT2D eigenvalue weighted by Crippen LogP contribution is -2.11. The molecule has 50 heavy (non-hydrogen) atoms. The van der Waals surface area contributed by atoms with Crippen LogP contribution in [0.1, 0.15) is 0 Å². The molecule has 2 nitrogen and oxygen atoms in total. The van der Waals surface area contributed by atoms with E-state index in [0.29, 0.717) is 0 Å². The highest BCUT2D eigenvalue weighted by Crippen LogP contribution is 2.44. The third-order valence-electron chi connectivity index (χ3n) is 9.49. The average Bonchev–Trinajstić information content (AvgIpc) is 3.63. The molecule has 0 bridgehead atoms. The minimum Gasteiger partial charge on any atom is -0.456 e. The van der Waals surface area contributed by atoms with Crippen molar-refractivity contribution in [1.82, 2.24) is 0 Å². The van der Waals surface area contributed by atoms with Gasteiger partial charge >= 0.3 is 0 Å². The minimum atomic E-state index is 0.843. The van der Waals surface area contributed by atoms with Crippen molar-refractivity contribution in [2.75, 3.05) is 4.90 Å². The molecule has 0 aliphatic carbocycles. The summed E-state index contributed by atoms with van der Waals surface area (Å²) in [5.74, 6) is 0.843. The van der Waals surface area contributed by atoms with Crippen molar-refractivity contribution in [2.24, 2.45) is 0 Å². The Morgan fingerprint density at radius 2 is 0.840 bits per heavy atom. The Labute approximate surface area is 292 Å². The quantitative estimate of drug-likeness (QED) is 0.173. The van der Waals surface area contributed by atoms with Crippen molar-refractivity contribution in [3.05, 3.63) is 200 Å². The maximum atomic E-state index is 6.43. The van der Waals surface area contributed by atoms with E-state index in [0.717, 1.165) is 44.9 Å². The van der Waals surface area contributed by atoms with Gasteiger partial charge in [-0.1, -0.05) is 152 Å². The molecule has 2 heteroatoms. The fourth-order valence-electron chi connectivity index (χ4n) is 7.08. The summed E-state index contributed by atoms with van der Waals surface area (Å²) in [5.41, 5.74) is 12.3. The molecule has 0 aliphatic rings. The predicted octanol–water partition coefficient (Wildman–Crippen LogP) is 13.7. The van der Waals surface area contributed by atoms with Gasteiger partial charge < -0.3 is 9.32 Å². The first-order valence-electron chi connectivity index (χ1n) is 17.0. The van der Waals surface area contributed by atoms with Gasteiger partial charge in [-0.3, -0.25) is 0 Å². The van der Waals surface area contributed by atoms with Gasteiger partial charge in [-0.2, -0.15) is 0 Å². The molecule has 0 saturated heterocycles. The van der Waals surface area contributed by atoms with Crippen LogP contribution in [0.15, 0.2) is 205 Å². The number of hydrogen-bond donors (Lipinski definition) is 0. The molecule has 1 heterocycles. The zero-order chi connectivity index (χ0) is 33.3. The summed E-state index contributed by atoms with van der Waals surface area (Å²) in [7, 11) is 0. The number of para-hydroxylation sites is 2. The molecule has 9 rings (SSSR count). The number of nitrogens with zero attached hydrogens (tertiary/aromatic N) is 1. The summed E-state index contributed by atoms with van der Waals surface area (Å²) in [6, 6.07) is 71.1. The van der Waals surface area contributed by atoms with Gasteiger partial charge in [-0.15, -0.1) is 0 Å². The van der Waals surface area contributed by atoms with E-state index >= 15 is 0 Å². The van der Waals surface area contributed by atoms with E-state index in [-0.39, 0.29) is 0 Å². The van der Waals surface area contributed by atoms with Gasteiger partial charge in [0, 0.05) is 22.3 Å². The van der Waals surface area contributed by atoms with E-state index in [9.17, 15) is 0 Å². The number of rotatable bonds is 7. The van der Waals surface area contributed by atoms with Crippen LogP contribution in [-0.2, 0) is 0 Å². The van der Waals surface area contributed by atoms with Crippen LogP contribution in [0.2, 0.25) is 0 Å². The second-order valence-corrected chi connectivity index (χ2v) is 12.5. The molecule has 9 aromatic rings. The van der Waals surface area contributed by atoms with Crippen LogP contribution in [0.4, 0.5) is 17.1 Å². The highest BCUT2D eigenvalue weighted by molar-refractivity contribution is 5.95. The Morgan fingerprint density at radius 1 is 0.320 bits per heavy atom. The van der Waals surface area contributed by atoms with Gasteiger partial charge in [0.15, 0.2) is 0 Å². The Morgan fingerprint density at radius 3 is 1.54 bits per heavy atom. The molecule has 1 aromatic heterocycles. The van der Waals surface area contributed by atoms with Crippen molar-refractivity contribution in [3.63, 3.8) is 0 Å². The molecule has 8 aromatic carbocycles. The summed E-state index contributed by atoms with van der Waals surface area (Å²) in [6.45, 7) is 0. The monoisotopic (exact) mass is 639 g/mol. The molecule has 0 saturated carbocycles.